The van der Waals surface area contributed by atoms with E-state index in [0.29, 0.717) is 6.42 Å². The van der Waals surface area contributed by atoms with E-state index < -0.39 is 5.60 Å². The summed E-state index contributed by atoms with van der Waals surface area (Å²) in [6.45, 7) is 7.84. The predicted molar refractivity (Wildman–Crippen MR) is 174 cm³/mol. The number of hydrogen-bond acceptors (Lipinski definition) is 6. The predicted octanol–water partition coefficient (Wildman–Crippen LogP) is 7.91. The summed E-state index contributed by atoms with van der Waals surface area (Å²) in [4.78, 5) is 21.9. The third kappa shape index (κ3) is 11.1. The number of anilines is 1. The number of para-hydroxylation sites is 1. The van der Waals surface area contributed by atoms with Crippen molar-refractivity contribution in [2.45, 2.75) is 76.9 Å². The maximum atomic E-state index is 12.9. The van der Waals surface area contributed by atoms with Crippen molar-refractivity contribution >= 4 is 11.8 Å². The molecule has 0 unspecified atom stereocenters. The number of nitrogens with one attached hydrogen (secondary N) is 1. The molecule has 1 saturated heterocycles. The van der Waals surface area contributed by atoms with Crippen LogP contribution in [0.15, 0.2) is 79.1 Å². The Morgan fingerprint density at radius 2 is 1.60 bits per heavy atom. The number of aromatic nitrogens is 1. The Bertz CT molecular complexity index is 1270. The molecule has 1 N–H and O–H groups in total. The van der Waals surface area contributed by atoms with Crippen molar-refractivity contribution in [3.05, 3.63) is 84.7 Å². The Morgan fingerprint density at radius 3 is 2.35 bits per heavy atom. The van der Waals surface area contributed by atoms with Crippen LogP contribution in [0.2, 0.25) is 0 Å². The van der Waals surface area contributed by atoms with Crippen LogP contribution in [0.5, 0.6) is 0 Å². The van der Waals surface area contributed by atoms with Gasteiger partial charge < -0.3 is 9.64 Å². The van der Waals surface area contributed by atoms with E-state index in [-0.39, 0.29) is 6.09 Å². The van der Waals surface area contributed by atoms with Gasteiger partial charge in [-0.25, -0.2) is 4.79 Å². The number of likely N-dealkylation sites (tertiary alicyclic amines) is 1. The van der Waals surface area contributed by atoms with E-state index in [1.165, 1.54) is 44.1 Å². The van der Waals surface area contributed by atoms with Gasteiger partial charge in [0, 0.05) is 50.6 Å². The number of carbonyl (C=O) groups excluding carboxylic acids is 1. The number of hydrogen-bond donors (Lipinski definition) is 1. The summed E-state index contributed by atoms with van der Waals surface area (Å²) < 4.78 is 5.98. The van der Waals surface area contributed by atoms with Gasteiger partial charge in [-0.1, -0.05) is 74.2 Å². The Hall–Kier alpha value is -3.73. The van der Waals surface area contributed by atoms with Crippen LogP contribution < -0.4 is 5.32 Å². The Labute approximate surface area is 257 Å². The third-order valence-corrected chi connectivity index (χ3v) is 8.40. The standard InChI is InChI=1S/C36H47N5O2/c1-36(43-35(42)39-34-17-10-9-16-33(34)32-14-7-6-8-15-32)20-28-40(29-21-36)25-11-4-2-3-5-12-26-41(27-13-22-37)30-31-18-23-38-24-19-31/h6-10,14-19,23-24H,2-5,11-13,20-21,25-30H2,1H3,(H,39,42). The van der Waals surface area contributed by atoms with E-state index in [0.717, 1.165) is 68.9 Å². The van der Waals surface area contributed by atoms with Crippen molar-refractivity contribution in [1.29, 1.82) is 5.26 Å². The summed E-state index contributed by atoms with van der Waals surface area (Å²) in [5.74, 6) is 0. The van der Waals surface area contributed by atoms with E-state index >= 15 is 0 Å². The topological polar surface area (TPSA) is 81.5 Å². The largest absolute Gasteiger partial charge is 0.443 e. The van der Waals surface area contributed by atoms with Gasteiger partial charge >= 0.3 is 6.09 Å². The number of amides is 1. The van der Waals surface area contributed by atoms with Crippen molar-refractivity contribution in [2.75, 3.05) is 38.0 Å². The number of rotatable bonds is 16. The van der Waals surface area contributed by atoms with E-state index in [2.05, 4.69) is 45.2 Å². The van der Waals surface area contributed by atoms with Gasteiger partial charge in [-0.3, -0.25) is 15.2 Å². The van der Waals surface area contributed by atoms with E-state index in [1.54, 1.807) is 0 Å². The first kappa shape index (κ1) is 32.2. The number of unbranched alkanes of at least 4 members (excludes halogenated alkanes) is 5. The second-order valence-electron chi connectivity index (χ2n) is 11.9. The molecule has 0 atom stereocenters. The lowest BCUT2D eigenvalue weighted by molar-refractivity contribution is -0.0163. The molecular formula is C36H47N5O2. The molecule has 228 valence electrons. The molecule has 7 nitrogen and oxygen atoms in total. The minimum atomic E-state index is -0.444. The highest BCUT2D eigenvalue weighted by Gasteiger charge is 2.33. The first-order chi connectivity index (χ1) is 21.0. The molecule has 3 aromatic rings. The van der Waals surface area contributed by atoms with E-state index in [1.807, 2.05) is 67.0 Å². The van der Waals surface area contributed by atoms with Gasteiger partial charge in [-0.05, 0) is 75.0 Å². The normalized spacial score (nSPS) is 14.7. The molecule has 0 bridgehead atoms. The van der Waals surface area contributed by atoms with Crippen molar-refractivity contribution in [3.63, 3.8) is 0 Å². The molecule has 7 heteroatoms. The second-order valence-corrected chi connectivity index (χ2v) is 11.9. The maximum absolute atomic E-state index is 12.9. The zero-order valence-electron chi connectivity index (χ0n) is 25.7. The minimum absolute atomic E-state index is 0.384. The molecule has 43 heavy (non-hydrogen) atoms. The molecule has 4 rings (SSSR count). The summed E-state index contributed by atoms with van der Waals surface area (Å²) >= 11 is 0. The molecule has 1 aliphatic heterocycles. The smallest absolute Gasteiger partial charge is 0.412 e. The van der Waals surface area contributed by atoms with Crippen LogP contribution >= 0.6 is 0 Å². The third-order valence-electron chi connectivity index (χ3n) is 8.40. The quantitative estimate of drug-likeness (QED) is 0.173. The lowest BCUT2D eigenvalue weighted by Gasteiger charge is -2.38. The highest BCUT2D eigenvalue weighted by molar-refractivity contribution is 5.91. The molecule has 1 aliphatic rings. The van der Waals surface area contributed by atoms with Crippen LogP contribution in [0.3, 0.4) is 0 Å². The number of pyridine rings is 1. The molecule has 0 saturated carbocycles. The van der Waals surface area contributed by atoms with Crippen LogP contribution in [0.1, 0.15) is 70.3 Å². The zero-order chi connectivity index (χ0) is 30.2. The van der Waals surface area contributed by atoms with Crippen LogP contribution in [0, 0.1) is 11.3 Å². The lowest BCUT2D eigenvalue weighted by atomic mass is 9.93. The summed E-state index contributed by atoms with van der Waals surface area (Å²) in [7, 11) is 0. The van der Waals surface area contributed by atoms with Gasteiger partial charge in [-0.2, -0.15) is 5.26 Å². The number of nitriles is 1. The minimum Gasteiger partial charge on any atom is -0.443 e. The lowest BCUT2D eigenvalue weighted by Crippen LogP contribution is -2.46. The van der Waals surface area contributed by atoms with Gasteiger partial charge in [-0.15, -0.1) is 0 Å². The molecular weight excluding hydrogens is 534 g/mol. The van der Waals surface area contributed by atoms with Gasteiger partial charge in [0.2, 0.25) is 0 Å². The number of piperidine rings is 1. The van der Waals surface area contributed by atoms with E-state index in [9.17, 15) is 4.79 Å². The van der Waals surface area contributed by atoms with Gasteiger partial charge in [0.15, 0.2) is 0 Å². The van der Waals surface area contributed by atoms with E-state index in [4.69, 9.17) is 10.00 Å². The first-order valence-electron chi connectivity index (χ1n) is 15.9. The van der Waals surface area contributed by atoms with Gasteiger partial charge in [0.25, 0.3) is 0 Å². The Morgan fingerprint density at radius 1 is 0.930 bits per heavy atom. The second kappa shape index (κ2) is 17.4. The fraction of sp³-hybridized carbons (Fsp3) is 0.472. The number of nitrogens with zero attached hydrogens (tertiary/aromatic N) is 4. The summed E-state index contributed by atoms with van der Waals surface area (Å²) in [6.07, 6.45) is 13.0. The molecule has 2 heterocycles. The molecule has 0 radical (unpaired) electrons. The molecule has 1 amide bonds. The van der Waals surface area contributed by atoms with Gasteiger partial charge in [0.05, 0.1) is 11.8 Å². The molecule has 0 aliphatic carbocycles. The van der Waals surface area contributed by atoms with Crippen LogP contribution in [-0.2, 0) is 11.3 Å². The summed E-state index contributed by atoms with van der Waals surface area (Å²) in [6, 6.07) is 24.3. The fourth-order valence-corrected chi connectivity index (χ4v) is 5.77. The monoisotopic (exact) mass is 581 g/mol. The molecule has 1 fully saturated rings. The fourth-order valence-electron chi connectivity index (χ4n) is 5.77. The average Bonchev–Trinajstić information content (AvgIpc) is 3.03. The molecule has 1 aromatic heterocycles. The summed E-state index contributed by atoms with van der Waals surface area (Å²) in [5.41, 5.74) is 3.62. The van der Waals surface area contributed by atoms with Crippen molar-refractivity contribution in [3.8, 4) is 17.2 Å². The highest BCUT2D eigenvalue weighted by Crippen LogP contribution is 2.30. The van der Waals surface area contributed by atoms with Crippen LogP contribution in [-0.4, -0.2) is 59.2 Å². The SMILES string of the molecule is CC1(OC(=O)Nc2ccccc2-c2ccccc2)CCN(CCCCCCCCN(CCC#N)Cc2ccncc2)CC1. The number of carbonyl (C=O) groups is 1. The number of ether oxygens (including phenoxy) is 1. The molecule has 0 spiro atoms. The maximum Gasteiger partial charge on any atom is 0.412 e. The summed E-state index contributed by atoms with van der Waals surface area (Å²) in [5, 5.41) is 12.0. The van der Waals surface area contributed by atoms with Crippen molar-refractivity contribution < 1.29 is 9.53 Å². The number of benzene rings is 2. The highest BCUT2D eigenvalue weighted by atomic mass is 16.6. The van der Waals surface area contributed by atoms with Crippen molar-refractivity contribution in [2.24, 2.45) is 0 Å². The Kier molecular flexibility index (Phi) is 13.0. The first-order valence-corrected chi connectivity index (χ1v) is 15.9. The zero-order valence-corrected chi connectivity index (χ0v) is 25.7. The van der Waals surface area contributed by atoms with Crippen molar-refractivity contribution in [1.82, 2.24) is 14.8 Å². The van der Waals surface area contributed by atoms with Crippen LogP contribution in [0.25, 0.3) is 11.1 Å². The molecule has 2 aromatic carbocycles. The van der Waals surface area contributed by atoms with Crippen LogP contribution in [0.4, 0.5) is 10.5 Å². The Balaban J connectivity index is 1.08. The average molecular weight is 582 g/mol. The van der Waals surface area contributed by atoms with Gasteiger partial charge in [0.1, 0.15) is 5.60 Å².